The first-order valence-corrected chi connectivity index (χ1v) is 4.22. The van der Waals surface area contributed by atoms with Crippen LogP contribution < -0.4 is 5.69 Å². The molecule has 0 spiro atoms. The zero-order valence-electron chi connectivity index (χ0n) is 7.77. The number of benzene rings is 1. The molecule has 0 unspecified atom stereocenters. The van der Waals surface area contributed by atoms with Gasteiger partial charge in [-0.1, -0.05) is 0 Å². The number of rotatable bonds is 2. The van der Waals surface area contributed by atoms with Gasteiger partial charge in [-0.25, -0.2) is 14.4 Å². The van der Waals surface area contributed by atoms with Crippen LogP contribution in [0.1, 0.15) is 20.7 Å². The van der Waals surface area contributed by atoms with Crippen LogP contribution in [0.25, 0.3) is 11.0 Å². The van der Waals surface area contributed by atoms with Gasteiger partial charge in [-0.15, -0.1) is 0 Å². The average molecular weight is 222 g/mol. The summed E-state index contributed by atoms with van der Waals surface area (Å²) in [6.45, 7) is 0. The second-order valence-corrected chi connectivity index (χ2v) is 3.10. The summed E-state index contributed by atoms with van der Waals surface area (Å²) in [5.74, 6) is -2.76. The fourth-order valence-corrected chi connectivity index (χ4v) is 1.50. The molecule has 1 heterocycles. The Labute approximate surface area is 87.3 Å². The van der Waals surface area contributed by atoms with Crippen molar-refractivity contribution in [2.75, 3.05) is 0 Å². The number of aromatic nitrogens is 2. The Kier molecular flexibility index (Phi) is 2.01. The van der Waals surface area contributed by atoms with E-state index in [1.807, 2.05) is 0 Å². The molecule has 0 atom stereocenters. The van der Waals surface area contributed by atoms with Crippen LogP contribution in [0.2, 0.25) is 0 Å². The van der Waals surface area contributed by atoms with Crippen LogP contribution in [0.4, 0.5) is 0 Å². The maximum absolute atomic E-state index is 11.0. The minimum Gasteiger partial charge on any atom is -0.478 e. The molecule has 0 aliphatic carbocycles. The van der Waals surface area contributed by atoms with Gasteiger partial charge in [0, 0.05) is 0 Å². The van der Waals surface area contributed by atoms with Crippen molar-refractivity contribution in [1.82, 2.24) is 9.97 Å². The predicted molar refractivity (Wildman–Crippen MR) is 52.8 cm³/mol. The first-order valence-electron chi connectivity index (χ1n) is 4.22. The lowest BCUT2D eigenvalue weighted by atomic mass is 10.1. The van der Waals surface area contributed by atoms with Crippen molar-refractivity contribution in [3.8, 4) is 0 Å². The molecule has 7 nitrogen and oxygen atoms in total. The van der Waals surface area contributed by atoms with Crippen molar-refractivity contribution in [2.24, 2.45) is 0 Å². The summed E-state index contributed by atoms with van der Waals surface area (Å²) in [6.07, 6.45) is 0. The Balaban J connectivity index is 2.94. The molecule has 4 N–H and O–H groups in total. The van der Waals surface area contributed by atoms with Gasteiger partial charge in [0.25, 0.3) is 0 Å². The van der Waals surface area contributed by atoms with Crippen molar-refractivity contribution in [1.29, 1.82) is 0 Å². The zero-order valence-corrected chi connectivity index (χ0v) is 7.77. The lowest BCUT2D eigenvalue weighted by molar-refractivity contribution is 0.0653. The number of carboxylic acids is 2. The van der Waals surface area contributed by atoms with Gasteiger partial charge in [-0.05, 0) is 12.1 Å². The van der Waals surface area contributed by atoms with E-state index in [9.17, 15) is 14.4 Å². The predicted octanol–water partition coefficient (Wildman–Crippen LogP) is 0.253. The first kappa shape index (κ1) is 9.97. The Bertz CT molecular complexity index is 651. The number of carboxylic acid groups (broad SMARTS) is 2. The fraction of sp³-hybridized carbons (Fsp3) is 0. The van der Waals surface area contributed by atoms with Crippen LogP contribution in [0, 0.1) is 0 Å². The van der Waals surface area contributed by atoms with Crippen LogP contribution in [-0.4, -0.2) is 32.1 Å². The highest BCUT2D eigenvalue weighted by atomic mass is 16.4. The van der Waals surface area contributed by atoms with Gasteiger partial charge in [0.15, 0.2) is 0 Å². The fourth-order valence-electron chi connectivity index (χ4n) is 1.50. The first-order chi connectivity index (χ1) is 7.50. The summed E-state index contributed by atoms with van der Waals surface area (Å²) < 4.78 is 0. The van der Waals surface area contributed by atoms with Crippen LogP contribution >= 0.6 is 0 Å². The van der Waals surface area contributed by atoms with E-state index in [-0.39, 0.29) is 16.6 Å². The van der Waals surface area contributed by atoms with Crippen LogP contribution in [0.3, 0.4) is 0 Å². The summed E-state index contributed by atoms with van der Waals surface area (Å²) in [4.78, 5) is 37.4. The number of hydrogen-bond acceptors (Lipinski definition) is 3. The van der Waals surface area contributed by atoms with Crippen molar-refractivity contribution < 1.29 is 19.8 Å². The van der Waals surface area contributed by atoms with Crippen LogP contribution in [0.5, 0.6) is 0 Å². The van der Waals surface area contributed by atoms with Gasteiger partial charge < -0.3 is 20.2 Å². The molecule has 0 saturated heterocycles. The quantitative estimate of drug-likeness (QED) is 0.580. The Hall–Kier alpha value is -2.57. The minimum atomic E-state index is -1.40. The SMILES string of the molecule is O=C(O)c1ccc2[nH]c(=O)[nH]c2c1C(=O)O. The Morgan fingerprint density at radius 3 is 2.31 bits per heavy atom. The van der Waals surface area contributed by atoms with E-state index in [2.05, 4.69) is 9.97 Å². The number of imidazole rings is 1. The van der Waals surface area contributed by atoms with Crippen molar-refractivity contribution >= 4 is 23.0 Å². The topological polar surface area (TPSA) is 123 Å². The number of fused-ring (bicyclic) bond motifs is 1. The highest BCUT2D eigenvalue weighted by molar-refractivity contribution is 6.09. The summed E-state index contributed by atoms with van der Waals surface area (Å²) in [5, 5.41) is 17.7. The standard InChI is InChI=1S/C9H6N2O5/c12-7(13)3-1-2-4-6(5(3)8(14)15)11-9(16)10-4/h1-2H,(H,12,13)(H,14,15)(H2,10,11,16). The molecule has 2 aromatic rings. The van der Waals surface area contributed by atoms with Gasteiger partial charge in [0.1, 0.15) is 0 Å². The summed E-state index contributed by atoms with van der Waals surface area (Å²) >= 11 is 0. The second-order valence-electron chi connectivity index (χ2n) is 3.10. The maximum atomic E-state index is 11.0. The van der Waals surface area contributed by atoms with Crippen LogP contribution in [-0.2, 0) is 0 Å². The molecule has 16 heavy (non-hydrogen) atoms. The highest BCUT2D eigenvalue weighted by Crippen LogP contribution is 2.18. The smallest absolute Gasteiger partial charge is 0.338 e. The van der Waals surface area contributed by atoms with Crippen molar-refractivity contribution in [3.05, 3.63) is 33.7 Å². The lowest BCUT2D eigenvalue weighted by Gasteiger charge is -2.01. The maximum Gasteiger partial charge on any atom is 0.338 e. The van der Waals surface area contributed by atoms with Gasteiger partial charge >= 0.3 is 17.6 Å². The molecule has 0 saturated carbocycles. The monoisotopic (exact) mass is 222 g/mol. The van der Waals surface area contributed by atoms with Gasteiger partial charge in [-0.3, -0.25) is 0 Å². The number of hydrogen-bond donors (Lipinski definition) is 4. The van der Waals surface area contributed by atoms with E-state index in [1.165, 1.54) is 6.07 Å². The molecule has 0 fully saturated rings. The molecule has 0 amide bonds. The van der Waals surface area contributed by atoms with E-state index >= 15 is 0 Å². The van der Waals surface area contributed by atoms with Gasteiger partial charge in [0.05, 0.1) is 22.2 Å². The molecule has 2 rings (SSSR count). The number of aromatic carboxylic acids is 2. The largest absolute Gasteiger partial charge is 0.478 e. The third kappa shape index (κ3) is 1.34. The zero-order chi connectivity index (χ0) is 11.9. The third-order valence-corrected chi connectivity index (χ3v) is 2.14. The van der Waals surface area contributed by atoms with E-state index in [0.717, 1.165) is 6.07 Å². The second kappa shape index (κ2) is 3.23. The van der Waals surface area contributed by atoms with E-state index in [1.54, 1.807) is 0 Å². The summed E-state index contributed by atoms with van der Waals surface area (Å²) in [6, 6.07) is 2.47. The minimum absolute atomic E-state index is 0.0163. The molecule has 0 bridgehead atoms. The number of aromatic amines is 2. The normalized spacial score (nSPS) is 10.5. The lowest BCUT2D eigenvalue weighted by Crippen LogP contribution is -2.09. The Morgan fingerprint density at radius 1 is 1.06 bits per heavy atom. The highest BCUT2D eigenvalue weighted by Gasteiger charge is 2.20. The van der Waals surface area contributed by atoms with Crippen molar-refractivity contribution in [2.45, 2.75) is 0 Å². The van der Waals surface area contributed by atoms with E-state index in [4.69, 9.17) is 10.2 Å². The number of carbonyl (C=O) groups is 2. The van der Waals surface area contributed by atoms with Crippen molar-refractivity contribution in [3.63, 3.8) is 0 Å². The molecular formula is C9H6N2O5. The number of nitrogens with one attached hydrogen (secondary N) is 2. The van der Waals surface area contributed by atoms with Crippen LogP contribution in [0.15, 0.2) is 16.9 Å². The molecule has 0 aliphatic rings. The van der Waals surface area contributed by atoms with Gasteiger partial charge in [-0.2, -0.15) is 0 Å². The van der Waals surface area contributed by atoms with Gasteiger partial charge in [0.2, 0.25) is 0 Å². The third-order valence-electron chi connectivity index (χ3n) is 2.14. The molecule has 0 radical (unpaired) electrons. The Morgan fingerprint density at radius 2 is 1.75 bits per heavy atom. The summed E-state index contributed by atoms with van der Waals surface area (Å²) in [5.41, 5.74) is -1.14. The van der Waals surface area contributed by atoms with E-state index in [0.29, 0.717) is 0 Å². The summed E-state index contributed by atoms with van der Waals surface area (Å²) in [7, 11) is 0. The molecule has 1 aromatic carbocycles. The molecule has 82 valence electrons. The molecular weight excluding hydrogens is 216 g/mol. The molecule has 0 aliphatic heterocycles. The van der Waals surface area contributed by atoms with E-state index < -0.39 is 23.2 Å². The number of H-pyrrole nitrogens is 2. The molecule has 1 aromatic heterocycles. The molecule has 7 heteroatoms. The average Bonchev–Trinajstić information content (AvgIpc) is 2.55.